The summed E-state index contributed by atoms with van der Waals surface area (Å²) in [4.78, 5) is 0. The first-order valence-electron chi connectivity index (χ1n) is 12.7. The molecule has 0 aromatic rings. The summed E-state index contributed by atoms with van der Waals surface area (Å²) in [6.45, 7) is 16.7. The molecule has 0 bridgehead atoms. The zero-order chi connectivity index (χ0) is 21.0. The van der Waals surface area contributed by atoms with Crippen LogP contribution in [0.25, 0.3) is 0 Å². The third kappa shape index (κ3) is 3.58. The Morgan fingerprint density at radius 2 is 1.86 bits per heavy atom. The van der Waals surface area contributed by atoms with Gasteiger partial charge in [0, 0.05) is 0 Å². The van der Waals surface area contributed by atoms with Crippen molar-refractivity contribution < 1.29 is 5.11 Å². The van der Waals surface area contributed by atoms with E-state index in [4.69, 9.17) is 0 Å². The van der Waals surface area contributed by atoms with Gasteiger partial charge in [0.25, 0.3) is 0 Å². The maximum Gasteiger partial charge on any atom is 0.0577 e. The lowest BCUT2D eigenvalue weighted by Gasteiger charge is -2.58. The van der Waals surface area contributed by atoms with Gasteiger partial charge in [0.05, 0.1) is 6.10 Å². The summed E-state index contributed by atoms with van der Waals surface area (Å²) in [5, 5.41) is 10.2. The Kier molecular flexibility index (Phi) is 5.86. The molecule has 0 aromatic heterocycles. The van der Waals surface area contributed by atoms with Gasteiger partial charge in [-0.05, 0) is 111 Å². The minimum atomic E-state index is -0.0861. The highest BCUT2D eigenvalue weighted by Crippen LogP contribution is 2.67. The summed E-state index contributed by atoms with van der Waals surface area (Å²) in [6.07, 6.45) is 15.3. The highest BCUT2D eigenvalue weighted by Gasteiger charge is 2.59. The van der Waals surface area contributed by atoms with Gasteiger partial charge in [-0.3, -0.25) is 0 Å². The second-order valence-corrected chi connectivity index (χ2v) is 12.2. The van der Waals surface area contributed by atoms with Gasteiger partial charge in [-0.15, -0.1) is 0 Å². The highest BCUT2D eigenvalue weighted by molar-refractivity contribution is 5.25. The third-order valence-electron chi connectivity index (χ3n) is 10.6. The average molecular weight is 399 g/mol. The lowest BCUT2D eigenvalue weighted by Crippen LogP contribution is -2.50. The molecule has 4 aliphatic carbocycles. The molecule has 4 rings (SSSR count). The summed E-state index contributed by atoms with van der Waals surface area (Å²) >= 11 is 0. The fraction of sp³-hybridized carbons (Fsp3) is 0.857. The molecule has 0 saturated heterocycles. The molecule has 29 heavy (non-hydrogen) atoms. The molecule has 3 saturated carbocycles. The lowest BCUT2D eigenvalue weighted by atomic mass is 9.47. The third-order valence-corrected chi connectivity index (χ3v) is 10.6. The van der Waals surface area contributed by atoms with E-state index < -0.39 is 0 Å². The molecule has 0 amide bonds. The average Bonchev–Trinajstić information content (AvgIpc) is 3.03. The molecule has 164 valence electrons. The number of hydrogen-bond donors (Lipinski definition) is 1. The van der Waals surface area contributed by atoms with Crippen molar-refractivity contribution in [2.45, 2.75) is 105 Å². The minimum Gasteiger partial charge on any atom is -0.393 e. The summed E-state index contributed by atoms with van der Waals surface area (Å²) < 4.78 is 0. The van der Waals surface area contributed by atoms with Crippen LogP contribution >= 0.6 is 0 Å². The van der Waals surface area contributed by atoms with Crippen LogP contribution in [0.5, 0.6) is 0 Å². The maximum absolute atomic E-state index is 10.2. The van der Waals surface area contributed by atoms with Crippen LogP contribution in [0.4, 0.5) is 0 Å². The smallest absolute Gasteiger partial charge is 0.0577 e. The molecule has 1 heteroatoms. The summed E-state index contributed by atoms with van der Waals surface area (Å²) in [5.74, 6) is 5.03. The Hall–Kier alpha value is -0.560. The molecule has 0 spiro atoms. The standard InChI is InChI=1S/C28H46O/c1-18(2)19(3)7-8-20(4)24-11-12-25-23-10-9-21-17-22(29)13-15-27(21,5)26(23)14-16-28(24,25)6/h9,18,20,22-26,29H,3,7-8,10-17H2,1-2,4-6H3/t20-,22?,23?,24?,25?,26?,27?,28-/m1/s1. The Balaban J connectivity index is 1.49. The molecular weight excluding hydrogens is 352 g/mol. The fourth-order valence-electron chi connectivity index (χ4n) is 8.52. The number of rotatable bonds is 5. The van der Waals surface area contributed by atoms with Crippen molar-refractivity contribution in [3.63, 3.8) is 0 Å². The van der Waals surface area contributed by atoms with Crippen LogP contribution in [-0.4, -0.2) is 11.2 Å². The van der Waals surface area contributed by atoms with Crippen molar-refractivity contribution >= 4 is 0 Å². The molecule has 3 fully saturated rings. The van der Waals surface area contributed by atoms with E-state index >= 15 is 0 Å². The normalized spacial score (nSPS) is 45.2. The molecule has 8 atom stereocenters. The van der Waals surface area contributed by atoms with E-state index in [0.717, 1.165) is 42.4 Å². The van der Waals surface area contributed by atoms with E-state index in [-0.39, 0.29) is 6.10 Å². The molecular formula is C28H46O. The molecule has 0 aliphatic heterocycles. The minimum absolute atomic E-state index is 0.0861. The van der Waals surface area contributed by atoms with Crippen LogP contribution in [0.2, 0.25) is 0 Å². The number of fused-ring (bicyclic) bond motifs is 5. The van der Waals surface area contributed by atoms with Gasteiger partial charge in [-0.25, -0.2) is 0 Å². The summed E-state index contributed by atoms with van der Waals surface area (Å²) in [5.41, 5.74) is 3.98. The van der Waals surface area contributed by atoms with Crippen molar-refractivity contribution in [1.29, 1.82) is 0 Å². The maximum atomic E-state index is 10.2. The molecule has 0 aromatic carbocycles. The number of hydrogen-bond acceptors (Lipinski definition) is 1. The Morgan fingerprint density at radius 3 is 2.59 bits per heavy atom. The molecule has 6 unspecified atom stereocenters. The van der Waals surface area contributed by atoms with Crippen LogP contribution in [0.15, 0.2) is 23.8 Å². The lowest BCUT2D eigenvalue weighted by molar-refractivity contribution is -0.0571. The fourth-order valence-corrected chi connectivity index (χ4v) is 8.52. The summed E-state index contributed by atoms with van der Waals surface area (Å²) in [7, 11) is 0. The monoisotopic (exact) mass is 398 g/mol. The first kappa shape index (κ1) is 21.7. The van der Waals surface area contributed by atoms with E-state index in [1.807, 2.05) is 0 Å². The number of allylic oxidation sites excluding steroid dienone is 2. The van der Waals surface area contributed by atoms with Crippen molar-refractivity contribution in [2.24, 2.45) is 46.3 Å². The largest absolute Gasteiger partial charge is 0.393 e. The molecule has 1 nitrogen and oxygen atoms in total. The first-order valence-corrected chi connectivity index (χ1v) is 12.7. The van der Waals surface area contributed by atoms with E-state index in [1.54, 1.807) is 5.57 Å². The Bertz CT molecular complexity index is 659. The van der Waals surface area contributed by atoms with Gasteiger partial charge in [-0.2, -0.15) is 0 Å². The quantitative estimate of drug-likeness (QED) is 0.474. The predicted octanol–water partition coefficient (Wildman–Crippen LogP) is 7.55. The zero-order valence-electron chi connectivity index (χ0n) is 19.8. The second kappa shape index (κ2) is 7.85. The number of aliphatic hydroxyl groups is 1. The van der Waals surface area contributed by atoms with Crippen molar-refractivity contribution in [2.75, 3.05) is 0 Å². The van der Waals surface area contributed by atoms with Gasteiger partial charge >= 0.3 is 0 Å². The van der Waals surface area contributed by atoms with Crippen LogP contribution in [0.3, 0.4) is 0 Å². The molecule has 0 radical (unpaired) electrons. The van der Waals surface area contributed by atoms with Crippen LogP contribution in [0.1, 0.15) is 98.8 Å². The van der Waals surface area contributed by atoms with Crippen molar-refractivity contribution in [3.8, 4) is 0 Å². The van der Waals surface area contributed by atoms with E-state index in [1.165, 1.54) is 56.9 Å². The predicted molar refractivity (Wildman–Crippen MR) is 124 cm³/mol. The van der Waals surface area contributed by atoms with Crippen molar-refractivity contribution in [1.82, 2.24) is 0 Å². The molecule has 1 N–H and O–H groups in total. The van der Waals surface area contributed by atoms with Crippen molar-refractivity contribution in [3.05, 3.63) is 23.8 Å². The van der Waals surface area contributed by atoms with E-state index in [2.05, 4.69) is 47.3 Å². The van der Waals surface area contributed by atoms with Crippen LogP contribution in [-0.2, 0) is 0 Å². The van der Waals surface area contributed by atoms with Gasteiger partial charge in [-0.1, -0.05) is 58.4 Å². The SMILES string of the molecule is C=C(CC[C@@H](C)C1CCC2C3CC=C4CC(O)CCC4(C)C3CC[C@@]21C)C(C)C. The summed E-state index contributed by atoms with van der Waals surface area (Å²) in [6, 6.07) is 0. The molecule has 4 aliphatic rings. The zero-order valence-corrected chi connectivity index (χ0v) is 19.8. The highest BCUT2D eigenvalue weighted by atomic mass is 16.3. The Labute approximate surface area is 180 Å². The number of aliphatic hydroxyl groups excluding tert-OH is 1. The first-order chi connectivity index (χ1) is 13.7. The second-order valence-electron chi connectivity index (χ2n) is 12.2. The topological polar surface area (TPSA) is 20.2 Å². The van der Waals surface area contributed by atoms with Crippen LogP contribution < -0.4 is 0 Å². The van der Waals surface area contributed by atoms with Gasteiger partial charge in [0.1, 0.15) is 0 Å². The van der Waals surface area contributed by atoms with Crippen LogP contribution in [0, 0.1) is 46.3 Å². The van der Waals surface area contributed by atoms with Gasteiger partial charge in [0.2, 0.25) is 0 Å². The van der Waals surface area contributed by atoms with E-state index in [9.17, 15) is 5.11 Å². The van der Waals surface area contributed by atoms with E-state index in [0.29, 0.717) is 16.7 Å². The molecule has 0 heterocycles. The van der Waals surface area contributed by atoms with Gasteiger partial charge < -0.3 is 5.11 Å². The van der Waals surface area contributed by atoms with Gasteiger partial charge in [0.15, 0.2) is 0 Å². The Morgan fingerprint density at radius 1 is 1.10 bits per heavy atom.